The van der Waals surface area contributed by atoms with Gasteiger partial charge in [0.1, 0.15) is 5.82 Å². The van der Waals surface area contributed by atoms with E-state index in [-0.39, 0.29) is 35.7 Å². The third kappa shape index (κ3) is 5.93. The zero-order chi connectivity index (χ0) is 19.9. The third-order valence-electron chi connectivity index (χ3n) is 4.52. The minimum atomic E-state index is -0.246. The minimum Gasteiger partial charge on any atom is -0.361 e. The molecule has 6 nitrogen and oxygen atoms in total. The molecule has 154 valence electrons. The molecule has 8 heteroatoms. The van der Waals surface area contributed by atoms with Crippen molar-refractivity contribution in [3.63, 3.8) is 0 Å². The zero-order valence-corrected chi connectivity index (χ0v) is 18.7. The molecule has 3 aromatic rings. The van der Waals surface area contributed by atoms with Gasteiger partial charge < -0.3 is 20.9 Å². The highest BCUT2D eigenvalue weighted by atomic mass is 127. The van der Waals surface area contributed by atoms with E-state index in [1.165, 1.54) is 12.1 Å². The molecule has 0 radical (unpaired) electrons. The van der Waals surface area contributed by atoms with Gasteiger partial charge in [0.25, 0.3) is 5.91 Å². The van der Waals surface area contributed by atoms with Gasteiger partial charge in [-0.2, -0.15) is 0 Å². The molecular formula is C21H25FIN5O. The van der Waals surface area contributed by atoms with Gasteiger partial charge in [0.15, 0.2) is 5.96 Å². The summed E-state index contributed by atoms with van der Waals surface area (Å²) in [6.07, 6.45) is 2.69. The van der Waals surface area contributed by atoms with Crippen molar-refractivity contribution >= 4 is 46.7 Å². The number of guanidine groups is 1. The number of carbonyl (C=O) groups excluding carboxylic acids is 1. The van der Waals surface area contributed by atoms with Crippen LogP contribution in [0, 0.1) is 5.82 Å². The topological polar surface area (TPSA) is 81.3 Å². The van der Waals surface area contributed by atoms with Gasteiger partial charge in [-0.3, -0.25) is 9.79 Å². The Labute approximate surface area is 186 Å². The highest BCUT2D eigenvalue weighted by Crippen LogP contribution is 2.19. The lowest BCUT2D eigenvalue weighted by Crippen LogP contribution is -2.37. The number of nitrogens with zero attached hydrogens (tertiary/aromatic N) is 1. The maximum absolute atomic E-state index is 13.3. The van der Waals surface area contributed by atoms with Crippen LogP contribution >= 0.6 is 24.0 Å². The summed E-state index contributed by atoms with van der Waals surface area (Å²) in [6.45, 7) is 1.24. The lowest BCUT2D eigenvalue weighted by atomic mass is 10.1. The summed E-state index contributed by atoms with van der Waals surface area (Å²) in [5.74, 6) is 0.323. The number of halogens is 2. The van der Waals surface area contributed by atoms with Gasteiger partial charge in [-0.15, -0.1) is 24.0 Å². The van der Waals surface area contributed by atoms with E-state index in [4.69, 9.17) is 0 Å². The molecule has 4 N–H and O–H groups in total. The molecule has 1 aromatic heterocycles. The average molecular weight is 509 g/mol. The van der Waals surface area contributed by atoms with Crippen LogP contribution < -0.4 is 16.0 Å². The maximum atomic E-state index is 13.3. The first-order valence-corrected chi connectivity index (χ1v) is 9.11. The number of fused-ring (bicyclic) bond motifs is 1. The summed E-state index contributed by atoms with van der Waals surface area (Å²) < 4.78 is 13.3. The predicted octanol–water partition coefficient (Wildman–Crippen LogP) is 3.19. The van der Waals surface area contributed by atoms with Crippen molar-refractivity contribution in [1.29, 1.82) is 0 Å². The molecule has 0 aliphatic carbocycles. The van der Waals surface area contributed by atoms with E-state index in [0.717, 1.165) is 28.5 Å². The third-order valence-corrected chi connectivity index (χ3v) is 4.52. The van der Waals surface area contributed by atoms with Gasteiger partial charge >= 0.3 is 0 Å². The molecule has 0 atom stereocenters. The molecule has 0 aliphatic rings. The molecule has 0 saturated carbocycles. The molecule has 2 aromatic carbocycles. The van der Waals surface area contributed by atoms with E-state index in [2.05, 4.69) is 25.9 Å². The number of amides is 1. The van der Waals surface area contributed by atoms with Gasteiger partial charge in [0, 0.05) is 49.8 Å². The first-order chi connectivity index (χ1) is 13.6. The van der Waals surface area contributed by atoms with E-state index in [1.807, 2.05) is 24.4 Å². The van der Waals surface area contributed by atoms with Crippen LogP contribution in [0.4, 0.5) is 4.39 Å². The van der Waals surface area contributed by atoms with Gasteiger partial charge in [0.2, 0.25) is 0 Å². The van der Waals surface area contributed by atoms with E-state index in [0.29, 0.717) is 24.6 Å². The molecule has 1 heterocycles. The van der Waals surface area contributed by atoms with Crippen molar-refractivity contribution in [2.24, 2.45) is 4.99 Å². The van der Waals surface area contributed by atoms with E-state index in [1.54, 1.807) is 26.2 Å². The fourth-order valence-electron chi connectivity index (χ4n) is 3.05. The van der Waals surface area contributed by atoms with Crippen LogP contribution in [0.2, 0.25) is 0 Å². The van der Waals surface area contributed by atoms with Gasteiger partial charge in [0.05, 0.1) is 0 Å². The van der Waals surface area contributed by atoms with Crippen LogP contribution in [0.3, 0.4) is 0 Å². The highest BCUT2D eigenvalue weighted by molar-refractivity contribution is 14.0. The second kappa shape index (κ2) is 10.8. The summed E-state index contributed by atoms with van der Waals surface area (Å²) in [5.41, 5.74) is 3.54. The van der Waals surface area contributed by atoms with Crippen molar-refractivity contribution in [3.8, 4) is 0 Å². The van der Waals surface area contributed by atoms with Gasteiger partial charge in [-0.1, -0.05) is 12.1 Å². The van der Waals surface area contributed by atoms with Crippen molar-refractivity contribution < 1.29 is 9.18 Å². The number of hydrogen-bond acceptors (Lipinski definition) is 2. The van der Waals surface area contributed by atoms with E-state index in [9.17, 15) is 9.18 Å². The molecule has 0 aliphatic heterocycles. The number of H-pyrrole nitrogens is 1. The number of aromatic nitrogens is 1. The Morgan fingerprint density at radius 1 is 1.17 bits per heavy atom. The molecule has 3 rings (SSSR count). The van der Waals surface area contributed by atoms with Crippen LogP contribution in [0.1, 0.15) is 21.5 Å². The van der Waals surface area contributed by atoms with Crippen molar-refractivity contribution in [2.45, 2.75) is 13.0 Å². The summed E-state index contributed by atoms with van der Waals surface area (Å²) in [4.78, 5) is 19.1. The number of rotatable bonds is 6. The predicted molar refractivity (Wildman–Crippen MR) is 125 cm³/mol. The highest BCUT2D eigenvalue weighted by Gasteiger charge is 2.06. The van der Waals surface area contributed by atoms with Gasteiger partial charge in [-0.25, -0.2) is 4.39 Å². The normalized spacial score (nSPS) is 11.1. The number of benzene rings is 2. The van der Waals surface area contributed by atoms with Crippen molar-refractivity contribution in [1.82, 2.24) is 20.9 Å². The van der Waals surface area contributed by atoms with Crippen molar-refractivity contribution in [3.05, 3.63) is 71.2 Å². The quantitative estimate of drug-likeness (QED) is 0.234. The first-order valence-electron chi connectivity index (χ1n) is 9.11. The Balaban J connectivity index is 0.00000300. The number of aromatic amines is 1. The Morgan fingerprint density at radius 3 is 2.76 bits per heavy atom. The first kappa shape index (κ1) is 22.7. The molecule has 0 unspecified atom stereocenters. The Kier molecular flexibility index (Phi) is 8.44. The maximum Gasteiger partial charge on any atom is 0.251 e. The van der Waals surface area contributed by atoms with Crippen molar-refractivity contribution in [2.75, 3.05) is 20.6 Å². The standard InChI is InChI=1S/C21H24FN5O.HI/c1-23-20(28)15-5-3-4-14(10-15)12-27-21(24-2)25-9-8-16-13-26-19-11-17(22)6-7-18(16)19;/h3-7,10-11,13,26H,8-9,12H2,1-2H3,(H,23,28)(H2,24,25,27);1H. The molecule has 0 saturated heterocycles. The molecule has 29 heavy (non-hydrogen) atoms. The average Bonchev–Trinajstić information content (AvgIpc) is 3.12. The molecule has 0 bridgehead atoms. The number of aliphatic imine (C=N–C) groups is 1. The SMILES string of the molecule is CN=C(NCCc1c[nH]c2cc(F)ccc12)NCc1cccc(C(=O)NC)c1.I. The summed E-state index contributed by atoms with van der Waals surface area (Å²) in [5, 5.41) is 10.2. The molecule has 1 amide bonds. The smallest absolute Gasteiger partial charge is 0.251 e. The summed E-state index contributed by atoms with van der Waals surface area (Å²) in [7, 11) is 3.33. The second-order valence-corrected chi connectivity index (χ2v) is 6.39. The molecular weight excluding hydrogens is 484 g/mol. The summed E-state index contributed by atoms with van der Waals surface area (Å²) >= 11 is 0. The Hall–Kier alpha value is -2.62. The largest absolute Gasteiger partial charge is 0.361 e. The zero-order valence-electron chi connectivity index (χ0n) is 16.4. The second-order valence-electron chi connectivity index (χ2n) is 6.39. The number of hydrogen-bond donors (Lipinski definition) is 4. The monoisotopic (exact) mass is 509 g/mol. The van der Waals surface area contributed by atoms with Crippen LogP contribution in [0.15, 0.2) is 53.7 Å². The van der Waals surface area contributed by atoms with Crippen LogP contribution in [0.25, 0.3) is 10.9 Å². The fourth-order valence-corrected chi connectivity index (χ4v) is 3.05. The van der Waals surface area contributed by atoms with E-state index >= 15 is 0 Å². The van der Waals surface area contributed by atoms with E-state index < -0.39 is 0 Å². The fraction of sp³-hybridized carbons (Fsp3) is 0.238. The molecule has 0 fully saturated rings. The minimum absolute atomic E-state index is 0. The molecule has 0 spiro atoms. The van der Waals surface area contributed by atoms with Crippen LogP contribution in [-0.2, 0) is 13.0 Å². The summed E-state index contributed by atoms with van der Waals surface area (Å²) in [6, 6.07) is 12.2. The lowest BCUT2D eigenvalue weighted by Gasteiger charge is -2.12. The lowest BCUT2D eigenvalue weighted by molar-refractivity contribution is 0.0963. The number of carbonyl (C=O) groups is 1. The Bertz CT molecular complexity index is 1000. The van der Waals surface area contributed by atoms with Gasteiger partial charge in [-0.05, 0) is 47.9 Å². The Morgan fingerprint density at radius 2 is 2.00 bits per heavy atom. The number of nitrogens with one attached hydrogen (secondary N) is 4. The van der Waals surface area contributed by atoms with Crippen LogP contribution in [-0.4, -0.2) is 37.5 Å². The van der Waals surface area contributed by atoms with Crippen LogP contribution in [0.5, 0.6) is 0 Å².